The molecule has 0 aromatic carbocycles. The van der Waals surface area contributed by atoms with Crippen LogP contribution in [0, 0.1) is 0 Å². The third kappa shape index (κ3) is 12.4. The lowest BCUT2D eigenvalue weighted by molar-refractivity contribution is 0.0310. The van der Waals surface area contributed by atoms with E-state index in [-0.39, 0.29) is 35.3 Å². The van der Waals surface area contributed by atoms with Gasteiger partial charge in [0.25, 0.3) is 0 Å². The van der Waals surface area contributed by atoms with E-state index in [1.54, 1.807) is 14.0 Å². The molecule has 0 aromatic heterocycles. The number of guanidine groups is 1. The second-order valence-corrected chi connectivity index (χ2v) is 7.33. The van der Waals surface area contributed by atoms with Crippen LogP contribution in [0.25, 0.3) is 0 Å². The van der Waals surface area contributed by atoms with Crippen molar-refractivity contribution in [3.05, 3.63) is 0 Å². The van der Waals surface area contributed by atoms with Crippen molar-refractivity contribution in [2.45, 2.75) is 39.7 Å². The normalized spacial score (nSPS) is 12.7. The van der Waals surface area contributed by atoms with Gasteiger partial charge >= 0.3 is 0 Å². The van der Waals surface area contributed by atoms with Crippen molar-refractivity contribution in [2.24, 2.45) is 4.99 Å². The molecule has 0 aliphatic heterocycles. The molecule has 0 saturated carbocycles. The Morgan fingerprint density at radius 1 is 1.18 bits per heavy atom. The van der Waals surface area contributed by atoms with Crippen LogP contribution in [-0.4, -0.2) is 59.0 Å². The number of aliphatic imine (C=N–C) groups is 1. The SMILES string of the molecule is CCNC(=NCC(C)(C)OC)NCCCNS(=O)(=O)CC.I. The molecule has 134 valence electrons. The van der Waals surface area contributed by atoms with Crippen molar-refractivity contribution in [3.8, 4) is 0 Å². The molecule has 0 saturated heterocycles. The molecule has 0 spiro atoms. The van der Waals surface area contributed by atoms with Gasteiger partial charge < -0.3 is 15.4 Å². The zero-order valence-electron chi connectivity index (χ0n) is 14.2. The van der Waals surface area contributed by atoms with Crippen molar-refractivity contribution < 1.29 is 13.2 Å². The van der Waals surface area contributed by atoms with Gasteiger partial charge in [0.15, 0.2) is 5.96 Å². The van der Waals surface area contributed by atoms with Crippen molar-refractivity contribution in [1.82, 2.24) is 15.4 Å². The van der Waals surface area contributed by atoms with Crippen LogP contribution in [0.3, 0.4) is 0 Å². The summed E-state index contributed by atoms with van der Waals surface area (Å²) in [6, 6.07) is 0. The topological polar surface area (TPSA) is 91.8 Å². The number of rotatable bonds is 10. The molecule has 0 aliphatic rings. The fourth-order valence-corrected chi connectivity index (χ4v) is 1.96. The summed E-state index contributed by atoms with van der Waals surface area (Å²) in [7, 11) is -1.44. The van der Waals surface area contributed by atoms with Crippen molar-refractivity contribution >= 4 is 40.0 Å². The smallest absolute Gasteiger partial charge is 0.211 e. The number of hydrogen-bond donors (Lipinski definition) is 3. The van der Waals surface area contributed by atoms with E-state index < -0.39 is 10.0 Å². The maximum absolute atomic E-state index is 11.3. The van der Waals surface area contributed by atoms with Crippen LogP contribution in [0.15, 0.2) is 4.99 Å². The minimum Gasteiger partial charge on any atom is -0.377 e. The van der Waals surface area contributed by atoms with Crippen molar-refractivity contribution in [1.29, 1.82) is 0 Å². The molecule has 22 heavy (non-hydrogen) atoms. The first-order valence-corrected chi connectivity index (χ1v) is 8.96. The van der Waals surface area contributed by atoms with Gasteiger partial charge in [0.1, 0.15) is 0 Å². The molecule has 0 bridgehead atoms. The van der Waals surface area contributed by atoms with Gasteiger partial charge in [0.05, 0.1) is 17.9 Å². The minimum atomic E-state index is -3.10. The van der Waals surface area contributed by atoms with Crippen LogP contribution in [0.4, 0.5) is 0 Å². The first kappa shape index (κ1) is 24.1. The molecule has 0 amide bonds. The van der Waals surface area contributed by atoms with E-state index in [9.17, 15) is 8.42 Å². The molecule has 0 atom stereocenters. The number of methoxy groups -OCH3 is 1. The summed E-state index contributed by atoms with van der Waals surface area (Å²) in [6.07, 6.45) is 0.692. The van der Waals surface area contributed by atoms with Crippen LogP contribution >= 0.6 is 24.0 Å². The Bertz CT molecular complexity index is 414. The Balaban J connectivity index is 0. The molecule has 0 unspecified atom stereocenters. The summed E-state index contributed by atoms with van der Waals surface area (Å²) < 4.78 is 30.4. The number of hydrogen-bond acceptors (Lipinski definition) is 4. The van der Waals surface area contributed by atoms with Gasteiger partial charge in [-0.1, -0.05) is 0 Å². The van der Waals surface area contributed by atoms with E-state index in [2.05, 4.69) is 20.3 Å². The maximum Gasteiger partial charge on any atom is 0.211 e. The zero-order valence-corrected chi connectivity index (χ0v) is 17.4. The Hall–Kier alpha value is -0.130. The third-order valence-electron chi connectivity index (χ3n) is 2.86. The van der Waals surface area contributed by atoms with Gasteiger partial charge in [-0.05, 0) is 34.1 Å². The molecular formula is C13H31IN4O3S. The van der Waals surface area contributed by atoms with E-state index in [1.165, 1.54) is 0 Å². The van der Waals surface area contributed by atoms with Gasteiger partial charge in [-0.15, -0.1) is 24.0 Å². The monoisotopic (exact) mass is 450 g/mol. The second kappa shape index (κ2) is 12.3. The van der Waals surface area contributed by atoms with Crippen molar-refractivity contribution in [2.75, 3.05) is 39.0 Å². The highest BCUT2D eigenvalue weighted by Crippen LogP contribution is 2.06. The number of nitrogens with one attached hydrogen (secondary N) is 3. The highest BCUT2D eigenvalue weighted by Gasteiger charge is 2.15. The number of sulfonamides is 1. The van der Waals surface area contributed by atoms with E-state index >= 15 is 0 Å². The van der Waals surface area contributed by atoms with Crippen LogP contribution in [0.5, 0.6) is 0 Å². The Morgan fingerprint density at radius 2 is 1.82 bits per heavy atom. The number of halogens is 1. The number of nitrogens with zero attached hydrogens (tertiary/aromatic N) is 1. The van der Waals surface area contributed by atoms with Crippen LogP contribution in [0.2, 0.25) is 0 Å². The molecule has 0 fully saturated rings. The highest BCUT2D eigenvalue weighted by molar-refractivity contribution is 14.0. The van der Waals surface area contributed by atoms with Gasteiger partial charge in [-0.3, -0.25) is 4.99 Å². The molecule has 0 heterocycles. The maximum atomic E-state index is 11.3. The molecule has 0 rings (SSSR count). The summed E-state index contributed by atoms with van der Waals surface area (Å²) in [4.78, 5) is 4.45. The fraction of sp³-hybridized carbons (Fsp3) is 0.923. The zero-order chi connectivity index (χ0) is 16.4. The quantitative estimate of drug-likeness (QED) is 0.199. The summed E-state index contributed by atoms with van der Waals surface area (Å²) in [5.41, 5.74) is -0.306. The Kier molecular flexibility index (Phi) is 13.5. The average Bonchev–Trinajstić information content (AvgIpc) is 2.44. The lowest BCUT2D eigenvalue weighted by atomic mass is 10.1. The van der Waals surface area contributed by atoms with E-state index in [0.717, 1.165) is 6.54 Å². The molecular weight excluding hydrogens is 419 g/mol. The summed E-state index contributed by atoms with van der Waals surface area (Å²) in [5.74, 6) is 0.817. The van der Waals surface area contributed by atoms with E-state index in [1.807, 2.05) is 20.8 Å². The highest BCUT2D eigenvalue weighted by atomic mass is 127. The Morgan fingerprint density at radius 3 is 2.32 bits per heavy atom. The average molecular weight is 450 g/mol. The van der Waals surface area contributed by atoms with Crippen LogP contribution in [-0.2, 0) is 14.8 Å². The summed E-state index contributed by atoms with van der Waals surface area (Å²) >= 11 is 0. The van der Waals surface area contributed by atoms with E-state index in [0.29, 0.717) is 32.0 Å². The largest absolute Gasteiger partial charge is 0.377 e. The van der Waals surface area contributed by atoms with Crippen molar-refractivity contribution in [3.63, 3.8) is 0 Å². The molecule has 3 N–H and O–H groups in total. The van der Waals surface area contributed by atoms with Gasteiger partial charge in [0, 0.05) is 26.7 Å². The first-order chi connectivity index (χ1) is 9.76. The predicted octanol–water partition coefficient (Wildman–Crippen LogP) is 0.914. The Labute approximate surface area is 152 Å². The van der Waals surface area contributed by atoms with Gasteiger partial charge in [0.2, 0.25) is 10.0 Å². The molecule has 7 nitrogen and oxygen atoms in total. The predicted molar refractivity (Wildman–Crippen MR) is 103 cm³/mol. The third-order valence-corrected chi connectivity index (χ3v) is 4.27. The standard InChI is InChI=1S/C13H30N4O3S.HI/c1-6-14-12(16-11-13(3,4)20-5)15-9-8-10-17-21(18,19)7-2;/h17H,6-11H2,1-5H3,(H2,14,15,16);1H. The lowest BCUT2D eigenvalue weighted by Gasteiger charge is -2.21. The fourth-order valence-electron chi connectivity index (χ4n) is 1.30. The van der Waals surface area contributed by atoms with Crippen LogP contribution in [0.1, 0.15) is 34.1 Å². The summed E-state index contributed by atoms with van der Waals surface area (Å²) in [6.45, 7) is 9.93. The lowest BCUT2D eigenvalue weighted by Crippen LogP contribution is -2.40. The van der Waals surface area contributed by atoms with E-state index in [4.69, 9.17) is 4.74 Å². The molecule has 0 aliphatic carbocycles. The first-order valence-electron chi connectivity index (χ1n) is 7.31. The molecule has 0 aromatic rings. The summed E-state index contributed by atoms with van der Waals surface area (Å²) in [5, 5.41) is 6.31. The minimum absolute atomic E-state index is 0. The molecule has 9 heteroatoms. The van der Waals surface area contributed by atoms with Gasteiger partial charge in [-0.25, -0.2) is 13.1 Å². The molecule has 0 radical (unpaired) electrons. The second-order valence-electron chi connectivity index (χ2n) is 5.24. The number of ether oxygens (including phenoxy) is 1. The van der Waals surface area contributed by atoms with Gasteiger partial charge in [-0.2, -0.15) is 0 Å². The van der Waals surface area contributed by atoms with Crippen LogP contribution < -0.4 is 15.4 Å².